The Morgan fingerprint density at radius 2 is 2.23 bits per heavy atom. The number of ether oxygens (including phenoxy) is 2. The molecule has 0 radical (unpaired) electrons. The minimum Gasteiger partial charge on any atom is -0.462 e. The molecule has 2 atom stereocenters. The van der Waals surface area contributed by atoms with Crippen molar-refractivity contribution in [3.8, 4) is 0 Å². The fraction of sp³-hybridized carbons (Fsp3) is 0.600. The fourth-order valence-electron chi connectivity index (χ4n) is 2.39. The molecule has 0 saturated carbocycles. The summed E-state index contributed by atoms with van der Waals surface area (Å²) in [5, 5.41) is 12.3. The lowest BCUT2D eigenvalue weighted by Crippen LogP contribution is -2.41. The lowest BCUT2D eigenvalue weighted by Gasteiger charge is -2.21. The number of nitrogens with zero attached hydrogens (tertiary/aromatic N) is 3. The first-order chi connectivity index (χ1) is 12.4. The number of H-pyrrole nitrogens is 1. The third kappa shape index (κ3) is 4.56. The fourth-order valence-corrected chi connectivity index (χ4v) is 2.39. The molecule has 2 heterocycles. The Morgan fingerprint density at radius 3 is 2.85 bits per heavy atom. The minimum absolute atomic E-state index is 0.0383. The van der Waals surface area contributed by atoms with Crippen molar-refractivity contribution in [2.24, 2.45) is 5.92 Å². The van der Waals surface area contributed by atoms with E-state index in [0.29, 0.717) is 0 Å². The third-order valence-electron chi connectivity index (χ3n) is 3.79. The number of fused-ring (bicyclic) bond motifs is 1. The highest BCUT2D eigenvalue weighted by Gasteiger charge is 2.23. The van der Waals surface area contributed by atoms with Gasteiger partial charge >= 0.3 is 5.97 Å². The predicted octanol–water partition coefficient (Wildman–Crippen LogP) is -1.18. The van der Waals surface area contributed by atoms with E-state index in [4.69, 9.17) is 15.2 Å². The maximum Gasteiger partial charge on any atom is 0.323 e. The number of nitrogens with one attached hydrogen (secondary N) is 2. The zero-order valence-electron chi connectivity index (χ0n) is 14.9. The monoisotopic (exact) mass is 368 g/mol. The van der Waals surface area contributed by atoms with Gasteiger partial charge in [-0.25, -0.2) is 4.98 Å². The van der Waals surface area contributed by atoms with E-state index in [9.17, 15) is 14.7 Å². The van der Waals surface area contributed by atoms with Gasteiger partial charge in [-0.05, 0) is 13.0 Å². The van der Waals surface area contributed by atoms with Crippen LogP contribution >= 0.6 is 0 Å². The van der Waals surface area contributed by atoms with Crippen LogP contribution in [-0.2, 0) is 21.0 Å². The van der Waals surface area contributed by atoms with Gasteiger partial charge in [-0.2, -0.15) is 4.98 Å². The van der Waals surface area contributed by atoms with Crippen LogP contribution in [0.3, 0.4) is 0 Å². The zero-order chi connectivity index (χ0) is 19.3. The van der Waals surface area contributed by atoms with E-state index >= 15 is 0 Å². The summed E-state index contributed by atoms with van der Waals surface area (Å²) in [6.07, 6.45) is 0.642. The lowest BCUT2D eigenvalue weighted by atomic mass is 10.1. The van der Waals surface area contributed by atoms with Gasteiger partial charge in [0, 0.05) is 0 Å². The Morgan fingerprint density at radius 1 is 1.50 bits per heavy atom. The lowest BCUT2D eigenvalue weighted by molar-refractivity contribution is -0.154. The Balaban J connectivity index is 1.97. The van der Waals surface area contributed by atoms with Crippen LogP contribution in [0.2, 0.25) is 0 Å². The third-order valence-corrected chi connectivity index (χ3v) is 3.79. The summed E-state index contributed by atoms with van der Waals surface area (Å²) in [4.78, 5) is 34.1. The van der Waals surface area contributed by atoms with Crippen LogP contribution in [0.5, 0.6) is 0 Å². The number of aromatic nitrogens is 4. The number of aliphatic hydroxyl groups excluding tert-OH is 1. The average Bonchev–Trinajstić information content (AvgIpc) is 2.98. The van der Waals surface area contributed by atoms with Crippen LogP contribution in [0, 0.1) is 5.92 Å². The first-order valence-electron chi connectivity index (χ1n) is 8.14. The van der Waals surface area contributed by atoms with E-state index in [1.54, 1.807) is 7.05 Å². The number of hydrogen-bond acceptors (Lipinski definition) is 9. The Labute approximate surface area is 149 Å². The van der Waals surface area contributed by atoms with Gasteiger partial charge in [0.15, 0.2) is 11.2 Å². The normalized spacial score (nSPS) is 13.9. The largest absolute Gasteiger partial charge is 0.462 e. The Hall–Kier alpha value is -2.50. The molecule has 0 aliphatic rings. The number of carbonyl (C=O) groups is 1. The molecule has 0 aliphatic heterocycles. The molecule has 0 aliphatic carbocycles. The summed E-state index contributed by atoms with van der Waals surface area (Å²) in [6.45, 7) is 3.29. The van der Waals surface area contributed by atoms with Crippen LogP contribution in [0.25, 0.3) is 11.2 Å². The molecule has 0 spiro atoms. The van der Waals surface area contributed by atoms with Crippen molar-refractivity contribution in [3.05, 3.63) is 16.7 Å². The van der Waals surface area contributed by atoms with Crippen molar-refractivity contribution >= 4 is 23.1 Å². The molecule has 2 rings (SSSR count). The predicted molar refractivity (Wildman–Crippen MR) is 93.2 cm³/mol. The molecule has 144 valence electrons. The van der Waals surface area contributed by atoms with Gasteiger partial charge in [-0.3, -0.25) is 19.1 Å². The van der Waals surface area contributed by atoms with Gasteiger partial charge in [0.2, 0.25) is 5.95 Å². The molecule has 0 bridgehead atoms. The van der Waals surface area contributed by atoms with Gasteiger partial charge < -0.3 is 25.6 Å². The maximum atomic E-state index is 12.0. The molecular weight excluding hydrogens is 344 g/mol. The SMILES string of the molecule is CN[C@H](C(=O)OCC(CO)OCn1cnc2c(=O)[nH]c(N)nc21)C(C)C. The van der Waals surface area contributed by atoms with E-state index in [1.165, 1.54) is 10.9 Å². The van der Waals surface area contributed by atoms with Crippen LogP contribution in [0.15, 0.2) is 11.1 Å². The number of nitrogens with two attached hydrogens (primary N) is 1. The number of hydrogen-bond donors (Lipinski definition) is 4. The number of anilines is 1. The Kier molecular flexibility index (Phi) is 6.66. The number of carbonyl (C=O) groups excluding carboxylic acids is 1. The number of esters is 1. The second-order valence-electron chi connectivity index (χ2n) is 6.08. The van der Waals surface area contributed by atoms with Crippen LogP contribution in [0.4, 0.5) is 5.95 Å². The van der Waals surface area contributed by atoms with Crippen LogP contribution < -0.4 is 16.6 Å². The number of rotatable bonds is 9. The quantitative estimate of drug-likeness (QED) is 0.400. The smallest absolute Gasteiger partial charge is 0.323 e. The second kappa shape index (κ2) is 8.74. The standard InChI is InChI=1S/C15H24N6O5/c1-8(2)10(17-3)14(24)25-5-9(4-22)26-7-21-6-18-11-12(21)19-15(16)20-13(11)23/h6,8-10,17,22H,4-5,7H2,1-3H3,(H3,16,19,20,23)/t9?,10-/m0/s1. The van der Waals surface area contributed by atoms with E-state index < -0.39 is 23.7 Å². The topological polar surface area (TPSA) is 157 Å². The number of imidazole rings is 1. The van der Waals surface area contributed by atoms with Crippen molar-refractivity contribution in [1.29, 1.82) is 0 Å². The van der Waals surface area contributed by atoms with Crippen LogP contribution in [0.1, 0.15) is 13.8 Å². The summed E-state index contributed by atoms with van der Waals surface area (Å²) in [7, 11) is 1.68. The van der Waals surface area contributed by atoms with E-state index in [2.05, 4.69) is 20.3 Å². The number of aromatic amines is 1. The molecule has 0 fully saturated rings. The van der Waals surface area contributed by atoms with E-state index in [1.807, 2.05) is 13.8 Å². The van der Waals surface area contributed by atoms with Crippen molar-refractivity contribution in [1.82, 2.24) is 24.8 Å². The van der Waals surface area contributed by atoms with Gasteiger partial charge in [0.1, 0.15) is 25.5 Å². The molecule has 0 aromatic carbocycles. The molecule has 0 saturated heterocycles. The summed E-state index contributed by atoms with van der Waals surface area (Å²) in [5.41, 5.74) is 5.46. The molecule has 2 aromatic rings. The molecule has 11 nitrogen and oxygen atoms in total. The summed E-state index contributed by atoms with van der Waals surface area (Å²) in [6, 6.07) is -0.439. The van der Waals surface area contributed by atoms with Gasteiger partial charge in [-0.1, -0.05) is 13.8 Å². The summed E-state index contributed by atoms with van der Waals surface area (Å²) < 4.78 is 12.2. The summed E-state index contributed by atoms with van der Waals surface area (Å²) >= 11 is 0. The average molecular weight is 368 g/mol. The van der Waals surface area contributed by atoms with Crippen molar-refractivity contribution in [2.45, 2.75) is 32.7 Å². The van der Waals surface area contributed by atoms with Crippen molar-refractivity contribution < 1.29 is 19.4 Å². The molecule has 1 unspecified atom stereocenters. The highest BCUT2D eigenvalue weighted by Crippen LogP contribution is 2.08. The molecule has 5 N–H and O–H groups in total. The zero-order valence-corrected chi connectivity index (χ0v) is 14.9. The van der Waals surface area contributed by atoms with Crippen molar-refractivity contribution in [3.63, 3.8) is 0 Å². The maximum absolute atomic E-state index is 12.0. The molecule has 2 aromatic heterocycles. The Bertz CT molecular complexity index is 801. The highest BCUT2D eigenvalue weighted by atomic mass is 16.6. The molecular formula is C15H24N6O5. The minimum atomic E-state index is -0.736. The first-order valence-corrected chi connectivity index (χ1v) is 8.14. The molecule has 11 heteroatoms. The summed E-state index contributed by atoms with van der Waals surface area (Å²) in [5.74, 6) is -0.393. The first kappa shape index (κ1) is 19.8. The van der Waals surface area contributed by atoms with Gasteiger partial charge in [0.25, 0.3) is 5.56 Å². The highest BCUT2D eigenvalue weighted by molar-refractivity contribution is 5.76. The number of likely N-dealkylation sites (N-methyl/N-ethyl adjacent to an activating group) is 1. The number of aliphatic hydroxyl groups is 1. The van der Waals surface area contributed by atoms with Crippen molar-refractivity contribution in [2.75, 3.05) is 26.0 Å². The van der Waals surface area contributed by atoms with Crippen LogP contribution in [-0.4, -0.2) is 63.0 Å². The van der Waals surface area contributed by atoms with Gasteiger partial charge in [0.05, 0.1) is 12.9 Å². The molecule has 0 amide bonds. The van der Waals surface area contributed by atoms with E-state index in [-0.39, 0.29) is 43.0 Å². The molecule has 26 heavy (non-hydrogen) atoms. The second-order valence-corrected chi connectivity index (χ2v) is 6.08. The van der Waals surface area contributed by atoms with Gasteiger partial charge in [-0.15, -0.1) is 0 Å². The van der Waals surface area contributed by atoms with E-state index in [0.717, 1.165) is 0 Å². The number of nitrogen functional groups attached to an aromatic ring is 1.